The van der Waals surface area contributed by atoms with Crippen LogP contribution in [0.5, 0.6) is 0 Å². The van der Waals surface area contributed by atoms with Gasteiger partial charge in [-0.2, -0.15) is 4.98 Å². The van der Waals surface area contributed by atoms with Crippen LogP contribution in [0.25, 0.3) is 11.0 Å². The van der Waals surface area contributed by atoms with Crippen LogP contribution >= 0.6 is 0 Å². The number of hydrogen-bond donors (Lipinski definition) is 2. The number of carbonyl (C=O) groups excluding carboxylic acids is 1. The van der Waals surface area contributed by atoms with Crippen LogP contribution in [0.3, 0.4) is 0 Å². The van der Waals surface area contributed by atoms with Gasteiger partial charge in [0.15, 0.2) is 11.6 Å². The molecule has 0 atom stereocenters. The highest BCUT2D eigenvalue weighted by atomic mass is 19.1. The van der Waals surface area contributed by atoms with Crippen LogP contribution in [0, 0.1) is 5.82 Å². The lowest BCUT2D eigenvalue weighted by Crippen LogP contribution is -2.08. The average molecular weight is 448 g/mol. The molecule has 4 aromatic rings. The van der Waals surface area contributed by atoms with E-state index < -0.39 is 11.8 Å². The van der Waals surface area contributed by atoms with Crippen molar-refractivity contribution in [3.05, 3.63) is 71.4 Å². The molecule has 0 aliphatic rings. The molecule has 0 saturated carbocycles. The number of furan rings is 1. The summed E-state index contributed by atoms with van der Waals surface area (Å²) >= 11 is 0. The van der Waals surface area contributed by atoms with Crippen LogP contribution in [0.1, 0.15) is 48.5 Å². The fourth-order valence-electron chi connectivity index (χ4n) is 3.43. The van der Waals surface area contributed by atoms with Crippen LogP contribution in [0.2, 0.25) is 0 Å². The Morgan fingerprint density at radius 3 is 2.61 bits per heavy atom. The first-order chi connectivity index (χ1) is 15.9. The highest BCUT2D eigenvalue weighted by Gasteiger charge is 2.16. The van der Waals surface area contributed by atoms with Gasteiger partial charge in [0, 0.05) is 16.8 Å². The van der Waals surface area contributed by atoms with Crippen LogP contribution < -0.4 is 10.6 Å². The van der Waals surface area contributed by atoms with Gasteiger partial charge < -0.3 is 19.8 Å². The van der Waals surface area contributed by atoms with Crippen molar-refractivity contribution in [3.63, 3.8) is 0 Å². The molecule has 8 heteroatoms. The summed E-state index contributed by atoms with van der Waals surface area (Å²) in [5.41, 5.74) is 3.40. The van der Waals surface area contributed by atoms with Crippen molar-refractivity contribution in [2.24, 2.45) is 0 Å². The number of halogens is 1. The molecule has 4 rings (SSSR count). The lowest BCUT2D eigenvalue weighted by molar-refractivity contribution is 0.0567. The summed E-state index contributed by atoms with van der Waals surface area (Å²) in [6.07, 6.45) is 0.410. The van der Waals surface area contributed by atoms with Gasteiger partial charge in [-0.05, 0) is 54.3 Å². The normalized spacial score (nSPS) is 11.1. The van der Waals surface area contributed by atoms with Crippen LogP contribution in [-0.4, -0.2) is 23.0 Å². The number of nitrogens with zero attached hydrogens (tertiary/aromatic N) is 2. The number of hydrogen-bond acceptors (Lipinski definition) is 7. The molecule has 2 aromatic heterocycles. The Bertz CT molecular complexity index is 1320. The first kappa shape index (κ1) is 22.3. The van der Waals surface area contributed by atoms with E-state index in [2.05, 4.69) is 34.4 Å². The molecule has 2 N–H and O–H groups in total. The van der Waals surface area contributed by atoms with Crippen molar-refractivity contribution < 1.29 is 18.3 Å². The number of methoxy groups -OCH3 is 1. The number of aryl methyl sites for hydroxylation is 1. The highest BCUT2D eigenvalue weighted by Crippen LogP contribution is 2.28. The first-order valence-electron chi connectivity index (χ1n) is 10.7. The van der Waals surface area contributed by atoms with E-state index in [1.807, 2.05) is 31.2 Å². The number of esters is 1. The van der Waals surface area contributed by atoms with E-state index in [0.29, 0.717) is 34.7 Å². The quantitative estimate of drug-likeness (QED) is 0.320. The van der Waals surface area contributed by atoms with Gasteiger partial charge in [0.05, 0.1) is 12.8 Å². The third-order valence-corrected chi connectivity index (χ3v) is 5.23. The van der Waals surface area contributed by atoms with Crippen LogP contribution in [-0.2, 0) is 11.2 Å². The minimum Gasteiger partial charge on any atom is -0.463 e. The second-order valence-corrected chi connectivity index (χ2v) is 7.90. The number of rotatable bonds is 7. The van der Waals surface area contributed by atoms with Gasteiger partial charge in [-0.1, -0.05) is 32.9 Å². The highest BCUT2D eigenvalue weighted by molar-refractivity contribution is 5.93. The predicted octanol–water partition coefficient (Wildman–Crippen LogP) is 6.32. The molecule has 0 saturated heterocycles. The Balaban J connectivity index is 1.64. The Morgan fingerprint density at radius 1 is 1.09 bits per heavy atom. The molecule has 0 radical (unpaired) electrons. The number of aromatic nitrogens is 2. The zero-order chi connectivity index (χ0) is 23.5. The Labute approximate surface area is 191 Å². The topological polar surface area (TPSA) is 89.3 Å². The van der Waals surface area contributed by atoms with Gasteiger partial charge >= 0.3 is 5.97 Å². The van der Waals surface area contributed by atoms with Gasteiger partial charge in [0.1, 0.15) is 5.58 Å². The van der Waals surface area contributed by atoms with E-state index in [0.717, 1.165) is 11.3 Å². The summed E-state index contributed by atoms with van der Waals surface area (Å²) in [5, 5.41) is 6.92. The first-order valence-corrected chi connectivity index (χ1v) is 10.7. The molecule has 0 fully saturated rings. The van der Waals surface area contributed by atoms with Gasteiger partial charge in [-0.15, -0.1) is 0 Å². The molecule has 0 spiro atoms. The zero-order valence-electron chi connectivity index (χ0n) is 18.9. The molecule has 0 amide bonds. The maximum Gasteiger partial charge on any atom is 0.373 e. The van der Waals surface area contributed by atoms with Crippen molar-refractivity contribution in [2.45, 2.75) is 33.1 Å². The number of fused-ring (bicyclic) bond motifs is 1. The number of carbonyl (C=O) groups is 1. The van der Waals surface area contributed by atoms with Gasteiger partial charge in [0.2, 0.25) is 11.7 Å². The minimum atomic E-state index is -0.549. The van der Waals surface area contributed by atoms with E-state index >= 15 is 0 Å². The van der Waals surface area contributed by atoms with Crippen LogP contribution in [0.15, 0.2) is 52.9 Å². The summed E-state index contributed by atoms with van der Waals surface area (Å²) in [6, 6.07) is 14.7. The smallest absolute Gasteiger partial charge is 0.373 e. The lowest BCUT2D eigenvalue weighted by atomic mass is 10.0. The van der Waals surface area contributed by atoms with Gasteiger partial charge in [-0.25, -0.2) is 14.2 Å². The summed E-state index contributed by atoms with van der Waals surface area (Å²) in [5.74, 6) is -0.207. The summed E-state index contributed by atoms with van der Waals surface area (Å²) in [6.45, 7) is 6.05. The average Bonchev–Trinajstić information content (AvgIpc) is 3.24. The number of nitrogens with one attached hydrogen (secondary N) is 2. The lowest BCUT2D eigenvalue weighted by Gasteiger charge is -2.14. The maximum absolute atomic E-state index is 15.0. The van der Waals surface area contributed by atoms with E-state index in [9.17, 15) is 9.18 Å². The largest absolute Gasteiger partial charge is 0.463 e. The fourth-order valence-corrected chi connectivity index (χ4v) is 3.43. The van der Waals surface area contributed by atoms with Crippen molar-refractivity contribution in [1.82, 2.24) is 9.97 Å². The Hall–Kier alpha value is -3.94. The molecular weight excluding hydrogens is 423 g/mol. The van der Waals surface area contributed by atoms with E-state index in [1.54, 1.807) is 24.3 Å². The zero-order valence-corrected chi connectivity index (χ0v) is 18.9. The molecule has 7 nitrogen and oxygen atoms in total. The number of ether oxygens (including phenoxy) is 1. The molecule has 0 bridgehead atoms. The summed E-state index contributed by atoms with van der Waals surface area (Å²) < 4.78 is 25.2. The molecule has 33 heavy (non-hydrogen) atoms. The molecule has 0 aliphatic heterocycles. The maximum atomic E-state index is 15.0. The van der Waals surface area contributed by atoms with Crippen molar-refractivity contribution >= 4 is 40.1 Å². The molecule has 0 aliphatic carbocycles. The van der Waals surface area contributed by atoms with Gasteiger partial charge in [-0.3, -0.25) is 0 Å². The second-order valence-electron chi connectivity index (χ2n) is 7.90. The third-order valence-electron chi connectivity index (χ3n) is 5.23. The Kier molecular flexibility index (Phi) is 6.26. The van der Waals surface area contributed by atoms with E-state index in [-0.39, 0.29) is 17.5 Å². The van der Waals surface area contributed by atoms with Crippen molar-refractivity contribution in [2.75, 3.05) is 17.7 Å². The van der Waals surface area contributed by atoms with Crippen LogP contribution in [0.4, 0.5) is 27.5 Å². The van der Waals surface area contributed by atoms with E-state index in [4.69, 9.17) is 9.15 Å². The third kappa shape index (κ3) is 4.79. The molecule has 2 aromatic carbocycles. The summed E-state index contributed by atoms with van der Waals surface area (Å²) in [7, 11) is 1.30. The number of anilines is 4. The monoisotopic (exact) mass is 448 g/mol. The predicted molar refractivity (Wildman–Crippen MR) is 126 cm³/mol. The SMILES string of the molecule is CCc1nc(Nc2ccc3oc(C(=O)OC)cc3c2)nc(Nc2cccc(C(C)C)c2)c1F. The molecule has 2 heterocycles. The van der Waals surface area contributed by atoms with Gasteiger partial charge in [0.25, 0.3) is 0 Å². The second kappa shape index (κ2) is 9.28. The molecular formula is C25H25FN4O3. The fraction of sp³-hybridized carbons (Fsp3) is 0.240. The van der Waals surface area contributed by atoms with Crippen molar-refractivity contribution in [3.8, 4) is 0 Å². The minimum absolute atomic E-state index is 0.0997. The molecule has 170 valence electrons. The number of benzene rings is 2. The summed E-state index contributed by atoms with van der Waals surface area (Å²) in [4.78, 5) is 20.4. The Morgan fingerprint density at radius 2 is 1.88 bits per heavy atom. The standard InChI is InChI=1S/C25H25FN4O3/c1-5-19-22(26)23(27-17-8-6-7-15(11-17)14(2)3)30-25(29-19)28-18-9-10-20-16(12-18)13-21(33-20)24(31)32-4/h6-14H,5H2,1-4H3,(H2,27,28,29,30). The molecule has 0 unspecified atom stereocenters. The van der Waals surface area contributed by atoms with E-state index in [1.165, 1.54) is 7.11 Å². The van der Waals surface area contributed by atoms with Crippen molar-refractivity contribution in [1.29, 1.82) is 0 Å².